The molecule has 1 heterocycles. The van der Waals surface area contributed by atoms with Crippen molar-refractivity contribution in [1.82, 2.24) is 4.98 Å². The van der Waals surface area contributed by atoms with E-state index in [0.717, 1.165) is 0 Å². The normalized spacial score (nSPS) is 13.5. The second kappa shape index (κ2) is 6.23. The summed E-state index contributed by atoms with van der Waals surface area (Å²) in [4.78, 5) is 15.3. The Labute approximate surface area is 156 Å². The third-order valence-electron chi connectivity index (χ3n) is 4.40. The summed E-state index contributed by atoms with van der Waals surface area (Å²) in [6.45, 7) is 0. The third kappa shape index (κ3) is 2.77. The topological polar surface area (TPSA) is 119 Å². The molecule has 3 aromatic carbocycles. The van der Waals surface area contributed by atoms with Crippen LogP contribution < -0.4 is 14.4 Å². The van der Waals surface area contributed by atoms with E-state index in [9.17, 15) is 17.9 Å². The number of hydrogen-bond acceptors (Lipinski definition) is 5. The molecular weight excluding hydrogens is 409 g/mol. The van der Waals surface area contributed by atoms with Gasteiger partial charge < -0.3 is 0 Å². The molecule has 0 aliphatic heterocycles. The van der Waals surface area contributed by atoms with E-state index in [0.29, 0.717) is 22.0 Å². The number of nitro benzene ring substituents is 1. The van der Waals surface area contributed by atoms with Crippen LogP contribution in [0.4, 0.5) is 11.4 Å². The molecule has 1 unspecified atom stereocenters. The molecule has 27 heavy (non-hydrogen) atoms. The van der Waals surface area contributed by atoms with Gasteiger partial charge in [0, 0.05) is 0 Å². The zero-order valence-electron chi connectivity index (χ0n) is 13.9. The number of pyridine rings is 1. The summed E-state index contributed by atoms with van der Waals surface area (Å²) >= 11 is -4.86. The summed E-state index contributed by atoms with van der Waals surface area (Å²) in [5.74, 6) is 0. The van der Waals surface area contributed by atoms with Crippen molar-refractivity contribution in [3.8, 4) is 0 Å². The van der Waals surface area contributed by atoms with Gasteiger partial charge in [-0.1, -0.05) is 0 Å². The van der Waals surface area contributed by atoms with Gasteiger partial charge in [-0.3, -0.25) is 0 Å². The van der Waals surface area contributed by atoms with Crippen LogP contribution in [0.1, 0.15) is 0 Å². The van der Waals surface area contributed by atoms with Crippen molar-refractivity contribution in [2.45, 2.75) is 0 Å². The number of nitrogens with zero attached hydrogens (tertiary/aromatic N) is 2. The summed E-state index contributed by atoms with van der Waals surface area (Å²) in [5.41, 5.74) is 6.50. The van der Waals surface area contributed by atoms with Gasteiger partial charge in [-0.25, -0.2) is 0 Å². The molecule has 3 N–H and O–H groups in total. The van der Waals surface area contributed by atoms with Gasteiger partial charge in [0.25, 0.3) is 0 Å². The molecule has 4 aromatic rings. The fourth-order valence-electron chi connectivity index (χ4n) is 3.16. The first-order valence-corrected chi connectivity index (χ1v) is 11.5. The average Bonchev–Trinajstić information content (AvgIpc) is 2.65. The Hall–Kier alpha value is -3.15. The summed E-state index contributed by atoms with van der Waals surface area (Å²) < 4.78 is 25.2. The first kappa shape index (κ1) is 17.3. The average molecular weight is 423 g/mol. The maximum atomic E-state index is 13.6. The Balaban J connectivity index is 2.17. The molecule has 4 rings (SSSR count). The van der Waals surface area contributed by atoms with Crippen LogP contribution in [0.5, 0.6) is 0 Å². The molecule has 1 aromatic heterocycles. The Kier molecular flexibility index (Phi) is 3.98. The predicted molar refractivity (Wildman–Crippen MR) is 105 cm³/mol. The number of nitro groups is 1. The molecule has 0 fully saturated rings. The number of nitrogen functional groups attached to an aromatic ring is 1. The van der Waals surface area contributed by atoms with Gasteiger partial charge in [-0.2, -0.15) is 0 Å². The van der Waals surface area contributed by atoms with Crippen molar-refractivity contribution in [1.29, 1.82) is 0 Å². The van der Waals surface area contributed by atoms with Crippen molar-refractivity contribution in [2.75, 3.05) is 5.73 Å². The first-order chi connectivity index (χ1) is 12.9. The molecular formula is C19H14AsN3O4. The molecule has 0 radical (unpaired) electrons. The van der Waals surface area contributed by atoms with Crippen LogP contribution in [-0.4, -0.2) is 27.8 Å². The van der Waals surface area contributed by atoms with E-state index in [1.165, 1.54) is 24.3 Å². The Morgan fingerprint density at radius 3 is 2.33 bits per heavy atom. The SMILES string of the molecule is Nc1ccc([As](=O)(O)c2c3ccccc3nc3c([N+](=O)[O-])cccc23)cc1. The van der Waals surface area contributed by atoms with Crippen LogP contribution in [0.25, 0.3) is 21.8 Å². The first-order valence-electron chi connectivity index (χ1n) is 8.05. The van der Waals surface area contributed by atoms with Gasteiger partial charge in [-0.15, -0.1) is 0 Å². The van der Waals surface area contributed by atoms with E-state index >= 15 is 0 Å². The van der Waals surface area contributed by atoms with E-state index in [2.05, 4.69) is 4.98 Å². The van der Waals surface area contributed by atoms with Gasteiger partial charge in [0.1, 0.15) is 0 Å². The van der Waals surface area contributed by atoms with Gasteiger partial charge in [0.15, 0.2) is 0 Å². The van der Waals surface area contributed by atoms with Crippen LogP contribution in [0.15, 0.2) is 66.7 Å². The minimum absolute atomic E-state index is 0.0994. The zero-order valence-corrected chi connectivity index (χ0v) is 15.8. The molecule has 0 saturated carbocycles. The van der Waals surface area contributed by atoms with E-state index in [1.807, 2.05) is 0 Å². The fourth-order valence-corrected chi connectivity index (χ4v) is 7.00. The molecule has 0 bridgehead atoms. The Morgan fingerprint density at radius 2 is 1.63 bits per heavy atom. The van der Waals surface area contributed by atoms with Crippen molar-refractivity contribution in [3.63, 3.8) is 0 Å². The van der Waals surface area contributed by atoms with Gasteiger partial charge >= 0.3 is 156 Å². The monoisotopic (exact) mass is 423 g/mol. The van der Waals surface area contributed by atoms with E-state index in [4.69, 9.17) is 5.73 Å². The number of non-ortho nitro benzene ring substituents is 1. The molecule has 134 valence electrons. The van der Waals surface area contributed by atoms with Crippen molar-refractivity contribution >= 4 is 55.7 Å². The van der Waals surface area contributed by atoms with Crippen LogP contribution in [0.2, 0.25) is 0 Å². The van der Waals surface area contributed by atoms with E-state index in [1.54, 1.807) is 42.5 Å². The number of rotatable bonds is 3. The number of benzene rings is 3. The number of para-hydroxylation sites is 2. The van der Waals surface area contributed by atoms with Crippen molar-refractivity contribution in [3.05, 3.63) is 76.8 Å². The Bertz CT molecular complexity index is 1260. The molecule has 1 atom stereocenters. The molecule has 0 amide bonds. The van der Waals surface area contributed by atoms with Crippen LogP contribution in [0.3, 0.4) is 0 Å². The molecule has 0 aliphatic rings. The van der Waals surface area contributed by atoms with Crippen LogP contribution in [-0.2, 0) is 3.74 Å². The van der Waals surface area contributed by atoms with Crippen molar-refractivity contribution in [2.24, 2.45) is 0 Å². The minimum atomic E-state index is -4.86. The standard InChI is InChI=1S/C19H14AsN3O4/c21-13-10-8-12(9-11-13)20(24,25)18-14-4-1-2-6-16(14)22-19-15(18)5-3-7-17(19)23(26)27/h1-11H,21H2,(H,24,25). The number of hydrogen-bond donors (Lipinski definition) is 2. The second-order valence-corrected chi connectivity index (χ2v) is 10.5. The summed E-state index contributed by atoms with van der Waals surface area (Å²) in [6, 6.07) is 17.5. The van der Waals surface area contributed by atoms with Crippen LogP contribution in [0, 0.1) is 10.1 Å². The summed E-state index contributed by atoms with van der Waals surface area (Å²) in [6.07, 6.45) is 0. The fraction of sp³-hybridized carbons (Fsp3) is 0. The number of fused-ring (bicyclic) bond motifs is 2. The third-order valence-corrected chi connectivity index (χ3v) is 8.78. The van der Waals surface area contributed by atoms with E-state index in [-0.39, 0.29) is 19.9 Å². The molecule has 8 heteroatoms. The Morgan fingerprint density at radius 1 is 0.963 bits per heavy atom. The van der Waals surface area contributed by atoms with Gasteiger partial charge in [0.05, 0.1) is 0 Å². The van der Waals surface area contributed by atoms with E-state index < -0.39 is 18.8 Å². The molecule has 0 saturated heterocycles. The molecule has 7 nitrogen and oxygen atoms in total. The molecule has 0 spiro atoms. The quantitative estimate of drug-likeness (QED) is 0.171. The van der Waals surface area contributed by atoms with Gasteiger partial charge in [-0.05, 0) is 0 Å². The summed E-state index contributed by atoms with van der Waals surface area (Å²) in [5, 5.41) is 12.3. The van der Waals surface area contributed by atoms with Crippen LogP contribution >= 0.6 is 0 Å². The zero-order chi connectivity index (χ0) is 19.2. The second-order valence-electron chi connectivity index (χ2n) is 6.08. The van der Waals surface area contributed by atoms with Crippen molar-refractivity contribution < 1.29 is 12.8 Å². The summed E-state index contributed by atoms with van der Waals surface area (Å²) in [7, 11) is 0. The van der Waals surface area contributed by atoms with Gasteiger partial charge in [0.2, 0.25) is 0 Å². The number of nitrogens with two attached hydrogens (primary N) is 1. The predicted octanol–water partition coefficient (Wildman–Crippen LogP) is 1.86. The maximum absolute atomic E-state index is 13.6. The number of aromatic nitrogens is 1. The number of anilines is 1. The molecule has 0 aliphatic carbocycles.